The molecule has 1 aliphatic rings. The van der Waals surface area contributed by atoms with Crippen LogP contribution in [0.3, 0.4) is 0 Å². The van der Waals surface area contributed by atoms with Gasteiger partial charge in [-0.15, -0.1) is 0 Å². The van der Waals surface area contributed by atoms with Crippen molar-refractivity contribution in [3.05, 3.63) is 53.3 Å². The van der Waals surface area contributed by atoms with Crippen molar-refractivity contribution in [2.24, 2.45) is 0 Å². The van der Waals surface area contributed by atoms with E-state index in [-0.39, 0.29) is 11.9 Å². The SMILES string of the molecule is O=C([C@@H](O)c1ccccc1)N1CCC(n2cc(Cl)cn2)CC1. The van der Waals surface area contributed by atoms with Gasteiger partial charge in [0.25, 0.3) is 5.91 Å². The second-order valence-electron chi connectivity index (χ2n) is 5.51. The second kappa shape index (κ2) is 6.50. The van der Waals surface area contributed by atoms with E-state index in [1.54, 1.807) is 23.2 Å². The summed E-state index contributed by atoms with van der Waals surface area (Å²) in [6.45, 7) is 1.23. The predicted octanol–water partition coefficient (Wildman–Crippen LogP) is 2.43. The molecule has 0 radical (unpaired) electrons. The molecule has 6 heteroatoms. The highest BCUT2D eigenvalue weighted by atomic mass is 35.5. The largest absolute Gasteiger partial charge is 0.378 e. The lowest BCUT2D eigenvalue weighted by molar-refractivity contribution is -0.141. The number of hydrogen-bond acceptors (Lipinski definition) is 3. The number of halogens is 1. The van der Waals surface area contributed by atoms with E-state index in [0.29, 0.717) is 23.7 Å². The monoisotopic (exact) mass is 319 g/mol. The smallest absolute Gasteiger partial charge is 0.256 e. The minimum atomic E-state index is -1.09. The third-order valence-electron chi connectivity index (χ3n) is 4.07. The summed E-state index contributed by atoms with van der Waals surface area (Å²) in [7, 11) is 0. The van der Waals surface area contributed by atoms with Crippen LogP contribution in [0.5, 0.6) is 0 Å². The standard InChI is InChI=1S/C16H18ClN3O2/c17-13-10-18-20(11-13)14-6-8-19(9-7-14)16(22)15(21)12-4-2-1-3-5-12/h1-5,10-11,14-15,21H,6-9H2/t15-/m0/s1. The van der Waals surface area contributed by atoms with Crippen molar-refractivity contribution in [1.29, 1.82) is 0 Å². The molecular weight excluding hydrogens is 302 g/mol. The van der Waals surface area contributed by atoms with Gasteiger partial charge in [-0.25, -0.2) is 0 Å². The number of piperidine rings is 1. The number of benzene rings is 1. The Morgan fingerprint density at radius 3 is 2.55 bits per heavy atom. The maximum Gasteiger partial charge on any atom is 0.256 e. The van der Waals surface area contributed by atoms with Crippen LogP contribution < -0.4 is 0 Å². The number of carbonyl (C=O) groups is 1. The second-order valence-corrected chi connectivity index (χ2v) is 5.94. The number of aliphatic hydroxyl groups is 1. The molecule has 1 saturated heterocycles. The molecule has 1 atom stereocenters. The average molecular weight is 320 g/mol. The van der Waals surface area contributed by atoms with Crippen LogP contribution >= 0.6 is 11.6 Å². The lowest BCUT2D eigenvalue weighted by Gasteiger charge is -2.33. The summed E-state index contributed by atoms with van der Waals surface area (Å²) < 4.78 is 1.86. The van der Waals surface area contributed by atoms with Crippen LogP contribution in [-0.4, -0.2) is 38.8 Å². The zero-order chi connectivity index (χ0) is 15.5. The van der Waals surface area contributed by atoms with E-state index in [1.807, 2.05) is 29.1 Å². The molecule has 22 heavy (non-hydrogen) atoms. The van der Waals surface area contributed by atoms with Gasteiger partial charge >= 0.3 is 0 Å². The van der Waals surface area contributed by atoms with Crippen LogP contribution in [0.2, 0.25) is 5.02 Å². The summed E-state index contributed by atoms with van der Waals surface area (Å²) in [5.41, 5.74) is 0.633. The Bertz CT molecular complexity index is 636. The van der Waals surface area contributed by atoms with Gasteiger partial charge in [0.2, 0.25) is 0 Å². The molecular formula is C16H18ClN3O2. The summed E-state index contributed by atoms with van der Waals surface area (Å²) in [5, 5.41) is 15.0. The third-order valence-corrected chi connectivity index (χ3v) is 4.26. The maximum atomic E-state index is 12.4. The molecule has 1 aromatic heterocycles. The Morgan fingerprint density at radius 2 is 1.95 bits per heavy atom. The first-order valence-electron chi connectivity index (χ1n) is 7.36. The van der Waals surface area contributed by atoms with E-state index in [2.05, 4.69) is 5.10 Å². The van der Waals surface area contributed by atoms with Crippen LogP contribution in [0.25, 0.3) is 0 Å². The van der Waals surface area contributed by atoms with E-state index < -0.39 is 6.10 Å². The Labute approximate surface area is 134 Å². The Balaban J connectivity index is 1.60. The van der Waals surface area contributed by atoms with Crippen molar-refractivity contribution in [2.75, 3.05) is 13.1 Å². The van der Waals surface area contributed by atoms with Crippen LogP contribution in [-0.2, 0) is 4.79 Å². The minimum Gasteiger partial charge on any atom is -0.378 e. The number of rotatable bonds is 3. The molecule has 0 aliphatic carbocycles. The molecule has 0 saturated carbocycles. The Kier molecular flexibility index (Phi) is 4.45. The number of aliphatic hydroxyl groups excluding tert-OH is 1. The molecule has 116 valence electrons. The fourth-order valence-corrected chi connectivity index (χ4v) is 2.96. The van der Waals surface area contributed by atoms with Gasteiger partial charge < -0.3 is 10.0 Å². The van der Waals surface area contributed by atoms with Crippen LogP contribution in [0.1, 0.15) is 30.6 Å². The minimum absolute atomic E-state index is 0.233. The van der Waals surface area contributed by atoms with Gasteiger partial charge in [0, 0.05) is 19.3 Å². The van der Waals surface area contributed by atoms with Crippen molar-refractivity contribution in [2.45, 2.75) is 25.0 Å². The third kappa shape index (κ3) is 3.15. The highest BCUT2D eigenvalue weighted by Crippen LogP contribution is 2.25. The van der Waals surface area contributed by atoms with Crippen molar-refractivity contribution in [3.63, 3.8) is 0 Å². The molecule has 2 aromatic rings. The number of likely N-dealkylation sites (tertiary alicyclic amines) is 1. The number of nitrogens with zero attached hydrogens (tertiary/aromatic N) is 3. The van der Waals surface area contributed by atoms with Crippen LogP contribution in [0.15, 0.2) is 42.7 Å². The lowest BCUT2D eigenvalue weighted by atomic mass is 10.0. The van der Waals surface area contributed by atoms with Crippen molar-refractivity contribution in [1.82, 2.24) is 14.7 Å². The first kappa shape index (κ1) is 15.1. The molecule has 3 rings (SSSR count). The number of hydrogen-bond donors (Lipinski definition) is 1. The molecule has 1 fully saturated rings. The van der Waals surface area contributed by atoms with Gasteiger partial charge in [0.1, 0.15) is 0 Å². The number of amides is 1. The van der Waals surface area contributed by atoms with Gasteiger partial charge in [-0.1, -0.05) is 41.9 Å². The van der Waals surface area contributed by atoms with Crippen molar-refractivity contribution >= 4 is 17.5 Å². The van der Waals surface area contributed by atoms with Gasteiger partial charge in [-0.05, 0) is 18.4 Å². The summed E-state index contributed by atoms with van der Waals surface area (Å²) in [6, 6.07) is 9.29. The quantitative estimate of drug-likeness (QED) is 0.945. The fourth-order valence-electron chi connectivity index (χ4n) is 2.82. The molecule has 1 aromatic carbocycles. The van der Waals surface area contributed by atoms with Gasteiger partial charge in [0.15, 0.2) is 6.10 Å². The van der Waals surface area contributed by atoms with Gasteiger partial charge in [0.05, 0.1) is 17.3 Å². The molecule has 1 amide bonds. The molecule has 1 N–H and O–H groups in total. The van der Waals surface area contributed by atoms with Crippen molar-refractivity contribution < 1.29 is 9.90 Å². The maximum absolute atomic E-state index is 12.4. The number of carbonyl (C=O) groups excluding carboxylic acids is 1. The van der Waals surface area contributed by atoms with Gasteiger partial charge in [-0.3, -0.25) is 9.48 Å². The molecule has 5 nitrogen and oxygen atoms in total. The first-order valence-corrected chi connectivity index (χ1v) is 7.74. The Hall–Kier alpha value is -1.85. The van der Waals surface area contributed by atoms with Gasteiger partial charge in [-0.2, -0.15) is 5.10 Å². The number of aromatic nitrogens is 2. The first-order chi connectivity index (χ1) is 10.6. The molecule has 2 heterocycles. The summed E-state index contributed by atoms with van der Waals surface area (Å²) >= 11 is 5.89. The van der Waals surface area contributed by atoms with Crippen LogP contribution in [0.4, 0.5) is 0 Å². The molecule has 0 bridgehead atoms. The normalized spacial score (nSPS) is 17.5. The highest BCUT2D eigenvalue weighted by molar-refractivity contribution is 6.30. The summed E-state index contributed by atoms with van der Waals surface area (Å²) in [5.74, 6) is -0.233. The predicted molar refractivity (Wildman–Crippen MR) is 83.5 cm³/mol. The Morgan fingerprint density at radius 1 is 1.27 bits per heavy atom. The zero-order valence-corrected chi connectivity index (χ0v) is 12.9. The van der Waals surface area contributed by atoms with Crippen LogP contribution in [0, 0.1) is 0 Å². The van der Waals surface area contributed by atoms with E-state index in [1.165, 1.54) is 0 Å². The van der Waals surface area contributed by atoms with E-state index in [0.717, 1.165) is 12.8 Å². The molecule has 1 aliphatic heterocycles. The lowest BCUT2D eigenvalue weighted by Crippen LogP contribution is -2.41. The summed E-state index contributed by atoms with van der Waals surface area (Å²) in [6.07, 6.45) is 3.97. The van der Waals surface area contributed by atoms with Crippen molar-refractivity contribution in [3.8, 4) is 0 Å². The fraction of sp³-hybridized carbons (Fsp3) is 0.375. The summed E-state index contributed by atoms with van der Waals surface area (Å²) in [4.78, 5) is 14.1. The van der Waals surface area contributed by atoms with E-state index in [9.17, 15) is 9.90 Å². The molecule has 0 unspecified atom stereocenters. The van der Waals surface area contributed by atoms with E-state index >= 15 is 0 Å². The zero-order valence-electron chi connectivity index (χ0n) is 12.1. The topological polar surface area (TPSA) is 58.4 Å². The van der Waals surface area contributed by atoms with E-state index in [4.69, 9.17) is 11.6 Å². The average Bonchev–Trinajstić information content (AvgIpc) is 3.01. The molecule has 0 spiro atoms. The highest BCUT2D eigenvalue weighted by Gasteiger charge is 2.28.